The van der Waals surface area contributed by atoms with Gasteiger partial charge in [0.2, 0.25) is 0 Å². The number of nitriles is 1. The highest BCUT2D eigenvalue weighted by atomic mass is 16.3. The van der Waals surface area contributed by atoms with Crippen LogP contribution >= 0.6 is 0 Å². The number of rotatable bonds is 1. The number of hydrogen-bond donors (Lipinski definition) is 1. The molecule has 0 aromatic heterocycles. The summed E-state index contributed by atoms with van der Waals surface area (Å²) >= 11 is 0. The topological polar surface area (TPSA) is 61.1 Å². The molecule has 3 heteroatoms. The molecule has 0 heterocycles. The minimum Gasteiger partial charge on any atom is -0.390 e. The van der Waals surface area contributed by atoms with Crippen molar-refractivity contribution in [3.05, 3.63) is 0 Å². The second-order valence-corrected chi connectivity index (χ2v) is 4.78. The average Bonchev–Trinajstić information content (AvgIpc) is 2.07. The molecule has 0 aromatic carbocycles. The van der Waals surface area contributed by atoms with Crippen molar-refractivity contribution in [3.8, 4) is 6.07 Å². The average molecular weight is 195 g/mol. The van der Waals surface area contributed by atoms with Crippen molar-refractivity contribution < 1.29 is 9.90 Å². The van der Waals surface area contributed by atoms with E-state index in [1.165, 1.54) is 0 Å². The Hall–Kier alpha value is -0.880. The Morgan fingerprint density at radius 1 is 1.57 bits per heavy atom. The van der Waals surface area contributed by atoms with E-state index in [-0.39, 0.29) is 23.5 Å². The molecule has 0 amide bonds. The fourth-order valence-electron chi connectivity index (χ4n) is 1.95. The molecule has 1 aliphatic carbocycles. The Kier molecular flexibility index (Phi) is 2.96. The van der Waals surface area contributed by atoms with Gasteiger partial charge in [-0.3, -0.25) is 4.79 Å². The molecule has 0 saturated heterocycles. The molecule has 1 aliphatic rings. The minimum atomic E-state index is -0.856. The van der Waals surface area contributed by atoms with Gasteiger partial charge in [-0.15, -0.1) is 0 Å². The largest absolute Gasteiger partial charge is 0.390 e. The van der Waals surface area contributed by atoms with Gasteiger partial charge in [-0.05, 0) is 26.2 Å². The highest BCUT2D eigenvalue weighted by Gasteiger charge is 2.39. The van der Waals surface area contributed by atoms with Gasteiger partial charge in [0.25, 0.3) is 0 Å². The van der Waals surface area contributed by atoms with Crippen molar-refractivity contribution in [1.29, 1.82) is 5.26 Å². The van der Waals surface area contributed by atoms with Gasteiger partial charge in [0.1, 0.15) is 5.78 Å². The van der Waals surface area contributed by atoms with Crippen LogP contribution in [0.2, 0.25) is 0 Å². The van der Waals surface area contributed by atoms with Gasteiger partial charge in [0, 0.05) is 12.3 Å². The maximum Gasteiger partial charge on any atom is 0.137 e. The SMILES string of the molecule is C[C@@H]1C(=O)C[C@H](C(C)(C)O)C[C@@H]1C#N. The highest BCUT2D eigenvalue weighted by Crippen LogP contribution is 2.36. The van der Waals surface area contributed by atoms with E-state index in [4.69, 9.17) is 5.26 Å². The Morgan fingerprint density at radius 2 is 2.14 bits per heavy atom. The van der Waals surface area contributed by atoms with E-state index >= 15 is 0 Å². The molecule has 1 N–H and O–H groups in total. The lowest BCUT2D eigenvalue weighted by molar-refractivity contribution is -0.130. The first kappa shape index (κ1) is 11.2. The first-order valence-electron chi connectivity index (χ1n) is 5.01. The maximum atomic E-state index is 11.6. The van der Waals surface area contributed by atoms with Crippen LogP contribution in [0.5, 0.6) is 0 Å². The molecule has 0 spiro atoms. The van der Waals surface area contributed by atoms with Crippen LogP contribution in [0, 0.1) is 29.1 Å². The van der Waals surface area contributed by atoms with Crippen molar-refractivity contribution in [3.63, 3.8) is 0 Å². The summed E-state index contributed by atoms with van der Waals surface area (Å²) in [5, 5.41) is 18.7. The number of ketones is 1. The first-order chi connectivity index (χ1) is 6.36. The number of hydrogen-bond acceptors (Lipinski definition) is 3. The van der Waals surface area contributed by atoms with Gasteiger partial charge in [-0.2, -0.15) is 5.26 Å². The van der Waals surface area contributed by atoms with E-state index < -0.39 is 5.60 Å². The summed E-state index contributed by atoms with van der Waals surface area (Å²) in [6, 6.07) is 2.15. The van der Waals surface area contributed by atoms with E-state index in [1.807, 2.05) is 0 Å². The molecule has 1 saturated carbocycles. The van der Waals surface area contributed by atoms with E-state index in [1.54, 1.807) is 20.8 Å². The van der Waals surface area contributed by atoms with Crippen molar-refractivity contribution in [2.45, 2.75) is 39.2 Å². The van der Waals surface area contributed by atoms with Gasteiger partial charge in [0.05, 0.1) is 17.6 Å². The van der Waals surface area contributed by atoms with Gasteiger partial charge >= 0.3 is 0 Å². The summed E-state index contributed by atoms with van der Waals surface area (Å²) in [6.45, 7) is 5.21. The molecule has 14 heavy (non-hydrogen) atoms. The van der Waals surface area contributed by atoms with E-state index in [2.05, 4.69) is 6.07 Å². The van der Waals surface area contributed by atoms with Crippen LogP contribution < -0.4 is 0 Å². The quantitative estimate of drug-likeness (QED) is 0.690. The van der Waals surface area contributed by atoms with Gasteiger partial charge in [-0.25, -0.2) is 0 Å². The zero-order chi connectivity index (χ0) is 10.9. The Morgan fingerprint density at radius 3 is 2.57 bits per heavy atom. The van der Waals surface area contributed by atoms with Crippen LogP contribution in [0.15, 0.2) is 0 Å². The van der Waals surface area contributed by atoms with Crippen LogP contribution in [-0.4, -0.2) is 16.5 Å². The van der Waals surface area contributed by atoms with Crippen molar-refractivity contribution >= 4 is 5.78 Å². The third-order valence-electron chi connectivity index (χ3n) is 3.26. The predicted molar refractivity (Wildman–Crippen MR) is 52.3 cm³/mol. The zero-order valence-electron chi connectivity index (χ0n) is 8.95. The molecule has 0 aromatic rings. The van der Waals surface area contributed by atoms with E-state index in [9.17, 15) is 9.90 Å². The number of carbonyl (C=O) groups is 1. The molecule has 1 fully saturated rings. The smallest absolute Gasteiger partial charge is 0.137 e. The molecule has 0 radical (unpaired) electrons. The van der Waals surface area contributed by atoms with Crippen LogP contribution in [0.4, 0.5) is 0 Å². The Bertz CT molecular complexity index is 272. The summed E-state index contributed by atoms with van der Waals surface area (Å²) < 4.78 is 0. The number of carbonyl (C=O) groups excluding carboxylic acids is 1. The third-order valence-corrected chi connectivity index (χ3v) is 3.26. The highest BCUT2D eigenvalue weighted by molar-refractivity contribution is 5.82. The summed E-state index contributed by atoms with van der Waals surface area (Å²) in [6.07, 6.45) is 1.04. The minimum absolute atomic E-state index is 0.0733. The lowest BCUT2D eigenvalue weighted by Crippen LogP contribution is -2.40. The van der Waals surface area contributed by atoms with Crippen LogP contribution in [0.3, 0.4) is 0 Å². The second-order valence-electron chi connectivity index (χ2n) is 4.78. The fraction of sp³-hybridized carbons (Fsp3) is 0.818. The van der Waals surface area contributed by atoms with E-state index in [0.29, 0.717) is 12.8 Å². The molecule has 3 nitrogen and oxygen atoms in total. The van der Waals surface area contributed by atoms with Gasteiger partial charge in [-0.1, -0.05) is 6.92 Å². The molecular weight excluding hydrogens is 178 g/mol. The molecule has 78 valence electrons. The van der Waals surface area contributed by atoms with Gasteiger partial charge < -0.3 is 5.11 Å². The van der Waals surface area contributed by atoms with Crippen molar-refractivity contribution in [1.82, 2.24) is 0 Å². The Labute approximate surface area is 84.7 Å². The van der Waals surface area contributed by atoms with Crippen molar-refractivity contribution in [2.24, 2.45) is 17.8 Å². The van der Waals surface area contributed by atoms with Crippen LogP contribution in [-0.2, 0) is 4.79 Å². The monoisotopic (exact) mass is 195 g/mol. The summed E-state index contributed by atoms with van der Waals surface area (Å²) in [4.78, 5) is 11.6. The van der Waals surface area contributed by atoms with Crippen LogP contribution in [0.1, 0.15) is 33.6 Å². The number of Topliss-reactive ketones (excluding diaryl/α,β-unsaturated/α-hetero) is 1. The molecule has 3 atom stereocenters. The molecule has 0 unspecified atom stereocenters. The summed E-state index contributed by atoms with van der Waals surface area (Å²) in [7, 11) is 0. The molecular formula is C11H17NO2. The number of nitrogens with zero attached hydrogens (tertiary/aromatic N) is 1. The maximum absolute atomic E-state index is 11.6. The summed E-state index contributed by atoms with van der Waals surface area (Å²) in [5.74, 6) is -0.364. The third kappa shape index (κ3) is 2.13. The number of aliphatic hydroxyl groups is 1. The molecule has 0 aliphatic heterocycles. The molecule has 0 bridgehead atoms. The Balaban J connectivity index is 2.79. The lowest BCUT2D eigenvalue weighted by Gasteiger charge is -2.36. The second kappa shape index (κ2) is 3.70. The summed E-state index contributed by atoms with van der Waals surface area (Å²) in [5.41, 5.74) is -0.856. The first-order valence-corrected chi connectivity index (χ1v) is 5.01. The zero-order valence-corrected chi connectivity index (χ0v) is 8.95. The standard InChI is InChI=1S/C11H17NO2/c1-7-8(6-12)4-9(5-10(7)13)11(2,3)14/h7-9,14H,4-5H2,1-3H3/t7-,8+,9+/m0/s1. The van der Waals surface area contributed by atoms with Crippen LogP contribution in [0.25, 0.3) is 0 Å². The normalized spacial score (nSPS) is 33.9. The predicted octanol–water partition coefficient (Wildman–Crippen LogP) is 1.51. The lowest BCUT2D eigenvalue weighted by atomic mass is 9.69. The van der Waals surface area contributed by atoms with E-state index in [0.717, 1.165) is 0 Å². The van der Waals surface area contributed by atoms with Gasteiger partial charge in [0.15, 0.2) is 0 Å². The molecule has 1 rings (SSSR count). The fourth-order valence-corrected chi connectivity index (χ4v) is 1.95. The van der Waals surface area contributed by atoms with Crippen molar-refractivity contribution in [2.75, 3.05) is 0 Å².